The first kappa shape index (κ1) is 27.1. The van der Waals surface area contributed by atoms with Crippen LogP contribution >= 0.6 is 11.6 Å². The van der Waals surface area contributed by atoms with E-state index in [0.717, 1.165) is 16.0 Å². The second-order valence-electron chi connectivity index (χ2n) is 9.04. The lowest BCUT2D eigenvalue weighted by molar-refractivity contribution is -0.124. The number of rotatable bonds is 8. The van der Waals surface area contributed by atoms with Gasteiger partial charge in [-0.2, -0.15) is 0 Å². The van der Waals surface area contributed by atoms with Crippen LogP contribution in [0.2, 0.25) is 5.02 Å². The fourth-order valence-corrected chi connectivity index (χ4v) is 5.07. The molecular formula is C30H30ClN3O4. The number of hydrogen-bond donors (Lipinski definition) is 1. The Balaban J connectivity index is 1.59. The van der Waals surface area contributed by atoms with Gasteiger partial charge in [-0.25, -0.2) is 19.5 Å². The number of imide groups is 1. The summed E-state index contributed by atoms with van der Waals surface area (Å²) in [4.78, 5) is 44.2. The maximum atomic E-state index is 13.6. The predicted octanol–water partition coefficient (Wildman–Crippen LogP) is 6.39. The van der Waals surface area contributed by atoms with Crippen molar-refractivity contribution in [2.24, 2.45) is 10.9 Å². The number of hydrogen-bond acceptors (Lipinski definition) is 4. The molecule has 8 heteroatoms. The molecule has 1 heterocycles. The zero-order chi connectivity index (χ0) is 27.1. The Bertz CT molecular complexity index is 1270. The lowest BCUT2D eigenvalue weighted by atomic mass is 9.86. The van der Waals surface area contributed by atoms with Crippen LogP contribution in [0.1, 0.15) is 48.9 Å². The number of aliphatic imine (C=N–C) groups is 1. The molecule has 1 N–H and O–H groups in total. The monoisotopic (exact) mass is 531 g/mol. The molecular weight excluding hydrogens is 502 g/mol. The van der Waals surface area contributed by atoms with Gasteiger partial charge in [0.05, 0.1) is 12.6 Å². The van der Waals surface area contributed by atoms with Crippen molar-refractivity contribution in [1.29, 1.82) is 0 Å². The van der Waals surface area contributed by atoms with E-state index in [1.54, 1.807) is 38.1 Å². The SMILES string of the molecule is CCOC(=O)N1C(=O)N=C(C)C(C(=O)NCCC(c2ccccc2)c2ccccc2)C1c1cccc(Cl)c1. The van der Waals surface area contributed by atoms with Gasteiger partial charge in [0.2, 0.25) is 5.91 Å². The van der Waals surface area contributed by atoms with Crippen LogP contribution in [-0.4, -0.2) is 41.8 Å². The van der Waals surface area contributed by atoms with E-state index < -0.39 is 24.1 Å². The third kappa shape index (κ3) is 6.11. The highest BCUT2D eigenvalue weighted by atomic mass is 35.5. The Kier molecular flexibility index (Phi) is 8.92. The third-order valence-corrected chi connectivity index (χ3v) is 6.83. The first-order valence-corrected chi connectivity index (χ1v) is 13.0. The minimum atomic E-state index is -0.947. The summed E-state index contributed by atoms with van der Waals surface area (Å²) in [7, 11) is 0. The van der Waals surface area contributed by atoms with E-state index >= 15 is 0 Å². The van der Waals surface area contributed by atoms with Crippen LogP contribution in [0.25, 0.3) is 0 Å². The molecule has 4 rings (SSSR count). The number of nitrogens with zero attached hydrogens (tertiary/aromatic N) is 2. The quantitative estimate of drug-likeness (QED) is 0.365. The number of ether oxygens (including phenoxy) is 1. The molecule has 0 bridgehead atoms. The fourth-order valence-electron chi connectivity index (χ4n) is 4.87. The molecule has 4 amide bonds. The fraction of sp³-hybridized carbons (Fsp3) is 0.267. The van der Waals surface area contributed by atoms with E-state index in [-0.39, 0.29) is 18.4 Å². The Labute approximate surface area is 227 Å². The topological polar surface area (TPSA) is 88.1 Å². The highest BCUT2D eigenvalue weighted by Crippen LogP contribution is 2.36. The molecule has 2 atom stereocenters. The van der Waals surface area contributed by atoms with Gasteiger partial charge < -0.3 is 10.1 Å². The van der Waals surface area contributed by atoms with Crippen LogP contribution < -0.4 is 5.32 Å². The van der Waals surface area contributed by atoms with Gasteiger partial charge in [0.25, 0.3) is 0 Å². The van der Waals surface area contributed by atoms with Gasteiger partial charge in [-0.3, -0.25) is 4.79 Å². The summed E-state index contributed by atoms with van der Waals surface area (Å²) in [5.41, 5.74) is 3.17. The van der Waals surface area contributed by atoms with Gasteiger partial charge in [0.15, 0.2) is 0 Å². The molecule has 3 aromatic rings. The minimum Gasteiger partial charge on any atom is -0.449 e. The van der Waals surface area contributed by atoms with E-state index in [2.05, 4.69) is 34.6 Å². The summed E-state index contributed by atoms with van der Waals surface area (Å²) in [6.45, 7) is 3.73. The van der Waals surface area contributed by atoms with Crippen LogP contribution in [0.4, 0.5) is 9.59 Å². The zero-order valence-electron chi connectivity index (χ0n) is 21.3. The largest absolute Gasteiger partial charge is 0.449 e. The van der Waals surface area contributed by atoms with Gasteiger partial charge in [0, 0.05) is 23.2 Å². The molecule has 38 heavy (non-hydrogen) atoms. The average Bonchev–Trinajstić information content (AvgIpc) is 2.91. The number of benzene rings is 3. The van der Waals surface area contributed by atoms with Crippen LogP contribution in [0.3, 0.4) is 0 Å². The lowest BCUT2D eigenvalue weighted by Gasteiger charge is -2.37. The first-order chi connectivity index (χ1) is 18.4. The standard InChI is InChI=1S/C30H30ClN3O4/c1-3-38-30(37)34-27(23-15-10-16-24(31)19-23)26(20(2)33-29(34)36)28(35)32-18-17-25(21-11-6-4-7-12-21)22-13-8-5-9-14-22/h4-16,19,25-27H,3,17-18H2,1-2H3,(H,32,35). The van der Waals surface area contributed by atoms with E-state index in [9.17, 15) is 14.4 Å². The summed E-state index contributed by atoms with van der Waals surface area (Å²) in [6, 6.07) is 25.3. The molecule has 7 nitrogen and oxygen atoms in total. The highest BCUT2D eigenvalue weighted by molar-refractivity contribution is 6.30. The van der Waals surface area contributed by atoms with E-state index in [1.165, 1.54) is 0 Å². The maximum absolute atomic E-state index is 13.6. The van der Waals surface area contributed by atoms with Crippen LogP contribution in [-0.2, 0) is 9.53 Å². The van der Waals surface area contributed by atoms with Gasteiger partial charge in [-0.15, -0.1) is 0 Å². The molecule has 0 fully saturated rings. The van der Waals surface area contributed by atoms with E-state index in [4.69, 9.17) is 16.3 Å². The summed E-state index contributed by atoms with van der Waals surface area (Å²) < 4.78 is 5.14. The summed E-state index contributed by atoms with van der Waals surface area (Å²) >= 11 is 6.24. The molecule has 196 valence electrons. The minimum absolute atomic E-state index is 0.0742. The van der Waals surface area contributed by atoms with Crippen molar-refractivity contribution in [2.45, 2.75) is 32.2 Å². The van der Waals surface area contributed by atoms with Gasteiger partial charge in [0.1, 0.15) is 5.92 Å². The van der Waals surface area contributed by atoms with E-state index in [1.807, 2.05) is 36.4 Å². The Morgan fingerprint density at radius 3 is 2.21 bits per heavy atom. The summed E-state index contributed by atoms with van der Waals surface area (Å²) in [5, 5.41) is 3.45. The molecule has 0 saturated heterocycles. The Hall–Kier alpha value is -3.97. The number of carbonyl (C=O) groups excluding carboxylic acids is 3. The van der Waals surface area contributed by atoms with Crippen molar-refractivity contribution in [1.82, 2.24) is 10.2 Å². The van der Waals surface area contributed by atoms with Crippen molar-refractivity contribution in [3.05, 3.63) is 107 Å². The predicted molar refractivity (Wildman–Crippen MR) is 147 cm³/mol. The van der Waals surface area contributed by atoms with Crippen molar-refractivity contribution >= 4 is 35.3 Å². The second-order valence-corrected chi connectivity index (χ2v) is 9.47. The van der Waals surface area contributed by atoms with Gasteiger partial charge in [-0.05, 0) is 49.1 Å². The van der Waals surface area contributed by atoms with Crippen LogP contribution in [0.15, 0.2) is 89.9 Å². The molecule has 1 aliphatic rings. The van der Waals surface area contributed by atoms with Crippen molar-refractivity contribution in [2.75, 3.05) is 13.2 Å². The van der Waals surface area contributed by atoms with Crippen LogP contribution in [0.5, 0.6) is 0 Å². The molecule has 0 saturated carbocycles. The summed E-state index contributed by atoms with van der Waals surface area (Å²) in [6.07, 6.45) is -0.199. The van der Waals surface area contributed by atoms with Crippen molar-refractivity contribution in [3.8, 4) is 0 Å². The molecule has 0 spiro atoms. The highest BCUT2D eigenvalue weighted by Gasteiger charge is 2.45. The first-order valence-electron chi connectivity index (χ1n) is 12.6. The molecule has 2 unspecified atom stereocenters. The van der Waals surface area contributed by atoms with Gasteiger partial charge >= 0.3 is 12.1 Å². The Morgan fingerprint density at radius 2 is 1.63 bits per heavy atom. The number of urea groups is 1. The number of nitrogens with one attached hydrogen (secondary N) is 1. The molecule has 3 aromatic carbocycles. The smallest absolute Gasteiger partial charge is 0.418 e. The molecule has 0 aromatic heterocycles. The Morgan fingerprint density at radius 1 is 1.00 bits per heavy atom. The molecule has 1 aliphatic heterocycles. The number of halogens is 1. The maximum Gasteiger partial charge on any atom is 0.418 e. The zero-order valence-corrected chi connectivity index (χ0v) is 22.1. The van der Waals surface area contributed by atoms with Gasteiger partial charge in [-0.1, -0.05) is 84.4 Å². The van der Waals surface area contributed by atoms with E-state index in [0.29, 0.717) is 29.3 Å². The number of amides is 4. The summed E-state index contributed by atoms with van der Waals surface area (Å²) in [5.74, 6) is -1.15. The third-order valence-electron chi connectivity index (χ3n) is 6.60. The average molecular weight is 532 g/mol. The second kappa shape index (κ2) is 12.5. The molecule has 0 radical (unpaired) electrons. The number of carbonyl (C=O) groups is 3. The molecule has 0 aliphatic carbocycles. The normalized spacial score (nSPS) is 17.2. The van der Waals surface area contributed by atoms with Crippen molar-refractivity contribution in [3.63, 3.8) is 0 Å². The van der Waals surface area contributed by atoms with Crippen LogP contribution in [0, 0.1) is 5.92 Å². The van der Waals surface area contributed by atoms with Crippen molar-refractivity contribution < 1.29 is 19.1 Å². The lowest BCUT2D eigenvalue weighted by Crippen LogP contribution is -2.52.